The van der Waals surface area contributed by atoms with Crippen molar-refractivity contribution >= 4 is 49.6 Å². The van der Waals surface area contributed by atoms with E-state index in [1.807, 2.05) is 0 Å². The molecule has 2 nitrogen and oxygen atoms in total. The third kappa shape index (κ3) is 6.41. The van der Waals surface area contributed by atoms with Crippen LogP contribution in [0, 0.1) is 0 Å². The fourth-order valence-electron chi connectivity index (χ4n) is 8.81. The Labute approximate surface area is 350 Å². The molecule has 2 heteroatoms. The van der Waals surface area contributed by atoms with E-state index < -0.39 is 0 Å². The first-order valence-electron chi connectivity index (χ1n) is 20.6. The number of anilines is 3. The zero-order chi connectivity index (χ0) is 39.8. The molecule has 0 bridgehead atoms. The second-order valence-corrected chi connectivity index (χ2v) is 15.4. The van der Waals surface area contributed by atoms with E-state index in [4.69, 9.17) is 0 Å². The largest absolute Gasteiger partial charge is 0.311 e. The quantitative estimate of drug-likeness (QED) is 0.150. The van der Waals surface area contributed by atoms with Gasteiger partial charge in [0.05, 0.1) is 11.0 Å². The zero-order valence-electron chi connectivity index (χ0n) is 33.0. The van der Waals surface area contributed by atoms with E-state index in [2.05, 4.69) is 252 Å². The lowest BCUT2D eigenvalue weighted by Crippen LogP contribution is -2.10. The van der Waals surface area contributed by atoms with Gasteiger partial charge in [0.1, 0.15) is 0 Å². The SMILES string of the molecule is c1ccc(-c2ccc(-c3ccc(N(c4ccc(-c5ccc(-c6cccc7ccccc67)cc5)cc4)c4ccc(-n5c6ccccc6c6ccccc65)cc4)cc3)cc2)cc1. The Morgan fingerprint density at radius 3 is 1.13 bits per heavy atom. The lowest BCUT2D eigenvalue weighted by molar-refractivity contribution is 1.17. The molecule has 282 valence electrons. The summed E-state index contributed by atoms with van der Waals surface area (Å²) in [6.07, 6.45) is 0. The fraction of sp³-hybridized carbons (Fsp3) is 0. The molecule has 0 amide bonds. The second kappa shape index (κ2) is 15.1. The molecule has 0 aliphatic rings. The van der Waals surface area contributed by atoms with E-state index in [-0.39, 0.29) is 0 Å². The van der Waals surface area contributed by atoms with E-state index in [0.29, 0.717) is 0 Å². The molecule has 0 aliphatic heterocycles. The molecule has 11 aromatic rings. The Morgan fingerprint density at radius 2 is 0.617 bits per heavy atom. The third-order valence-electron chi connectivity index (χ3n) is 11.8. The maximum atomic E-state index is 2.37. The first-order valence-corrected chi connectivity index (χ1v) is 20.6. The molecule has 60 heavy (non-hydrogen) atoms. The molecule has 0 aliphatic carbocycles. The second-order valence-electron chi connectivity index (χ2n) is 15.4. The molecule has 11 rings (SSSR count). The number of rotatable bonds is 8. The van der Waals surface area contributed by atoms with Crippen LogP contribution < -0.4 is 4.90 Å². The summed E-state index contributed by atoms with van der Waals surface area (Å²) in [6.45, 7) is 0. The molecule has 0 fully saturated rings. The van der Waals surface area contributed by atoms with Crippen molar-refractivity contribution in [2.75, 3.05) is 4.90 Å². The van der Waals surface area contributed by atoms with Crippen LogP contribution in [0.3, 0.4) is 0 Å². The molecule has 1 heterocycles. The smallest absolute Gasteiger partial charge is 0.0541 e. The molecule has 0 unspecified atom stereocenters. The monoisotopic (exact) mass is 764 g/mol. The number of hydrogen-bond acceptors (Lipinski definition) is 1. The molecular weight excluding hydrogens is 725 g/mol. The summed E-state index contributed by atoms with van der Waals surface area (Å²) in [4.78, 5) is 2.35. The van der Waals surface area contributed by atoms with Crippen molar-refractivity contribution in [2.24, 2.45) is 0 Å². The normalized spacial score (nSPS) is 11.3. The number of fused-ring (bicyclic) bond motifs is 4. The van der Waals surface area contributed by atoms with Crippen LogP contribution in [0.4, 0.5) is 17.1 Å². The van der Waals surface area contributed by atoms with Crippen LogP contribution in [0.2, 0.25) is 0 Å². The van der Waals surface area contributed by atoms with Gasteiger partial charge in [-0.1, -0.05) is 182 Å². The number of para-hydroxylation sites is 2. The maximum absolute atomic E-state index is 2.37. The predicted octanol–water partition coefficient (Wildman–Crippen LogP) is 16.1. The van der Waals surface area contributed by atoms with E-state index in [9.17, 15) is 0 Å². The van der Waals surface area contributed by atoms with Crippen LogP contribution in [0.25, 0.3) is 82.8 Å². The summed E-state index contributed by atoms with van der Waals surface area (Å²) in [5.74, 6) is 0. The highest BCUT2D eigenvalue weighted by atomic mass is 15.1. The summed E-state index contributed by atoms with van der Waals surface area (Å²) >= 11 is 0. The van der Waals surface area contributed by atoms with Crippen LogP contribution in [0.1, 0.15) is 0 Å². The van der Waals surface area contributed by atoms with Gasteiger partial charge >= 0.3 is 0 Å². The average molecular weight is 765 g/mol. The van der Waals surface area contributed by atoms with E-state index in [1.54, 1.807) is 0 Å². The minimum atomic E-state index is 1.09. The van der Waals surface area contributed by atoms with Crippen LogP contribution >= 0.6 is 0 Å². The van der Waals surface area contributed by atoms with Crippen LogP contribution in [0.15, 0.2) is 243 Å². The summed E-state index contributed by atoms with van der Waals surface area (Å²) in [7, 11) is 0. The number of benzene rings is 10. The molecule has 0 spiro atoms. The van der Waals surface area contributed by atoms with Crippen molar-refractivity contribution < 1.29 is 0 Å². The van der Waals surface area contributed by atoms with E-state index in [1.165, 1.54) is 77.1 Å². The van der Waals surface area contributed by atoms with Crippen molar-refractivity contribution in [2.45, 2.75) is 0 Å². The lowest BCUT2D eigenvalue weighted by Gasteiger charge is -2.26. The minimum Gasteiger partial charge on any atom is -0.311 e. The number of nitrogens with zero attached hydrogens (tertiary/aromatic N) is 2. The highest BCUT2D eigenvalue weighted by Gasteiger charge is 2.16. The summed E-state index contributed by atoms with van der Waals surface area (Å²) in [5, 5.41) is 5.05. The Balaban J connectivity index is 0.941. The molecule has 0 N–H and O–H groups in total. The highest BCUT2D eigenvalue weighted by Crippen LogP contribution is 2.39. The van der Waals surface area contributed by atoms with Gasteiger partial charge in [0, 0.05) is 33.5 Å². The lowest BCUT2D eigenvalue weighted by atomic mass is 9.96. The standard InChI is InChI=1S/C58H40N2/c1-2-11-41(12-3-1)42-21-23-43(24-22-42)45-29-33-49(34-30-45)59(51-37-39-52(40-38-51)60-57-19-8-6-16-55(57)56-17-7-9-20-58(56)60)50-35-31-46(32-36-50)44-25-27-48(28-26-44)54-18-10-14-47-13-4-5-15-53(47)54/h1-40H. The zero-order valence-corrected chi connectivity index (χ0v) is 33.0. The fourth-order valence-corrected chi connectivity index (χ4v) is 8.81. The first-order chi connectivity index (χ1) is 29.7. The van der Waals surface area contributed by atoms with Gasteiger partial charge in [-0.15, -0.1) is 0 Å². The van der Waals surface area contributed by atoms with E-state index in [0.717, 1.165) is 22.7 Å². The van der Waals surface area contributed by atoms with Gasteiger partial charge in [-0.2, -0.15) is 0 Å². The summed E-state index contributed by atoms with van der Waals surface area (Å²) < 4.78 is 2.37. The Morgan fingerprint density at radius 1 is 0.250 bits per heavy atom. The summed E-state index contributed by atoms with van der Waals surface area (Å²) in [5.41, 5.74) is 16.5. The molecule has 0 saturated heterocycles. The van der Waals surface area contributed by atoms with Gasteiger partial charge in [0.15, 0.2) is 0 Å². The molecule has 0 saturated carbocycles. The van der Waals surface area contributed by atoms with Crippen molar-refractivity contribution in [3.8, 4) is 50.2 Å². The van der Waals surface area contributed by atoms with Gasteiger partial charge in [-0.3, -0.25) is 0 Å². The average Bonchev–Trinajstić information content (AvgIpc) is 3.67. The van der Waals surface area contributed by atoms with Crippen LogP contribution in [0.5, 0.6) is 0 Å². The maximum Gasteiger partial charge on any atom is 0.0541 e. The molecular formula is C58H40N2. The van der Waals surface area contributed by atoms with Crippen LogP contribution in [-0.4, -0.2) is 4.57 Å². The van der Waals surface area contributed by atoms with Gasteiger partial charge in [-0.25, -0.2) is 0 Å². The van der Waals surface area contributed by atoms with Crippen molar-refractivity contribution in [1.29, 1.82) is 0 Å². The van der Waals surface area contributed by atoms with E-state index >= 15 is 0 Å². The van der Waals surface area contributed by atoms with Crippen molar-refractivity contribution in [1.82, 2.24) is 4.57 Å². The van der Waals surface area contributed by atoms with Crippen molar-refractivity contribution in [3.63, 3.8) is 0 Å². The first kappa shape index (κ1) is 35.2. The summed E-state index contributed by atoms with van der Waals surface area (Å²) in [6, 6.07) is 87.7. The van der Waals surface area contributed by atoms with Gasteiger partial charge in [0.2, 0.25) is 0 Å². The Hall–Kier alpha value is -7.94. The topological polar surface area (TPSA) is 8.17 Å². The van der Waals surface area contributed by atoms with Gasteiger partial charge in [0.25, 0.3) is 0 Å². The van der Waals surface area contributed by atoms with Gasteiger partial charge in [-0.05, 0) is 116 Å². The predicted molar refractivity (Wildman–Crippen MR) is 255 cm³/mol. The Bertz CT molecular complexity index is 3190. The molecule has 0 radical (unpaired) electrons. The van der Waals surface area contributed by atoms with Crippen molar-refractivity contribution in [3.05, 3.63) is 243 Å². The van der Waals surface area contributed by atoms with Crippen LogP contribution in [-0.2, 0) is 0 Å². The Kier molecular flexibility index (Phi) is 8.87. The minimum absolute atomic E-state index is 1.09. The van der Waals surface area contributed by atoms with Gasteiger partial charge < -0.3 is 9.47 Å². The number of aromatic nitrogens is 1. The highest BCUT2D eigenvalue weighted by molar-refractivity contribution is 6.09. The molecule has 10 aromatic carbocycles. The molecule has 0 atom stereocenters. The number of hydrogen-bond donors (Lipinski definition) is 0. The molecule has 1 aromatic heterocycles. The third-order valence-corrected chi connectivity index (χ3v) is 11.8.